The second-order valence-electron chi connectivity index (χ2n) is 6.36. The molecule has 1 aliphatic heterocycles. The van der Waals surface area contributed by atoms with Gasteiger partial charge in [0.15, 0.2) is 0 Å². The van der Waals surface area contributed by atoms with E-state index in [2.05, 4.69) is 18.8 Å². The van der Waals surface area contributed by atoms with Gasteiger partial charge in [-0.1, -0.05) is 38.7 Å². The maximum Gasteiger partial charge on any atom is 0.0725 e. The minimum Gasteiger partial charge on any atom is -0.392 e. The third-order valence-corrected chi connectivity index (χ3v) is 5.51. The molecule has 0 amide bonds. The van der Waals surface area contributed by atoms with Crippen molar-refractivity contribution in [3.05, 3.63) is 12.7 Å². The van der Waals surface area contributed by atoms with Crippen LogP contribution in [0.5, 0.6) is 0 Å². The van der Waals surface area contributed by atoms with Gasteiger partial charge in [-0.2, -0.15) is 11.8 Å². The Bertz CT molecular complexity index is 276. The normalized spacial score (nSPS) is 20.5. The Hall–Kier alpha value is 0.260. The van der Waals surface area contributed by atoms with Crippen LogP contribution in [0.2, 0.25) is 0 Å². The van der Waals surface area contributed by atoms with Gasteiger partial charge in [-0.25, -0.2) is 0 Å². The highest BCUT2D eigenvalue weighted by Gasteiger charge is 2.18. The van der Waals surface area contributed by atoms with Gasteiger partial charge < -0.3 is 15.2 Å². The zero-order valence-corrected chi connectivity index (χ0v) is 16.3. The molecule has 2 N–H and O–H groups in total. The standard InChI is InChI=1S/C18H35NO2S.ClH/c1-3-4-5-6-7-8-9-10-16(2)22-15-17(20)13-18-14-19-11-12-21-18;/h3,16-20H,1,4-15H2,2H3;1H. The Morgan fingerprint density at radius 3 is 2.74 bits per heavy atom. The number of rotatable bonds is 13. The monoisotopic (exact) mass is 365 g/mol. The van der Waals surface area contributed by atoms with E-state index in [-0.39, 0.29) is 24.6 Å². The van der Waals surface area contributed by atoms with Crippen LogP contribution in [0.4, 0.5) is 0 Å². The van der Waals surface area contributed by atoms with Crippen molar-refractivity contribution >= 4 is 24.2 Å². The lowest BCUT2D eigenvalue weighted by Crippen LogP contribution is -2.40. The van der Waals surface area contributed by atoms with Gasteiger partial charge in [0.05, 0.1) is 18.8 Å². The maximum atomic E-state index is 10.1. The molecule has 0 saturated carbocycles. The van der Waals surface area contributed by atoms with Gasteiger partial charge in [0.1, 0.15) is 0 Å². The average molecular weight is 366 g/mol. The van der Waals surface area contributed by atoms with Crippen LogP contribution < -0.4 is 5.32 Å². The number of unbranched alkanes of at least 4 members (excludes halogenated alkanes) is 5. The van der Waals surface area contributed by atoms with Crippen LogP contribution in [0.1, 0.15) is 58.3 Å². The number of aliphatic hydroxyl groups is 1. The van der Waals surface area contributed by atoms with Gasteiger partial charge in [-0.15, -0.1) is 19.0 Å². The first kappa shape index (κ1) is 23.3. The molecule has 1 rings (SSSR count). The summed E-state index contributed by atoms with van der Waals surface area (Å²) in [5, 5.41) is 14.1. The number of nitrogens with one attached hydrogen (secondary N) is 1. The second kappa shape index (κ2) is 15.8. The molecular formula is C18H36ClNO2S. The van der Waals surface area contributed by atoms with Crippen molar-refractivity contribution in [2.24, 2.45) is 0 Å². The van der Waals surface area contributed by atoms with Crippen molar-refractivity contribution in [2.45, 2.75) is 75.7 Å². The molecule has 0 bridgehead atoms. The molecule has 1 saturated heterocycles. The topological polar surface area (TPSA) is 41.5 Å². The smallest absolute Gasteiger partial charge is 0.0725 e. The molecule has 0 aliphatic carbocycles. The molecule has 1 fully saturated rings. The van der Waals surface area contributed by atoms with Crippen LogP contribution >= 0.6 is 24.2 Å². The predicted molar refractivity (Wildman–Crippen MR) is 105 cm³/mol. The molecule has 23 heavy (non-hydrogen) atoms. The zero-order valence-electron chi connectivity index (χ0n) is 14.7. The van der Waals surface area contributed by atoms with Gasteiger partial charge in [0.2, 0.25) is 0 Å². The highest BCUT2D eigenvalue weighted by molar-refractivity contribution is 7.99. The van der Waals surface area contributed by atoms with Crippen LogP contribution in [0.15, 0.2) is 12.7 Å². The van der Waals surface area contributed by atoms with Crippen molar-refractivity contribution in [1.29, 1.82) is 0 Å². The van der Waals surface area contributed by atoms with Crippen molar-refractivity contribution in [3.63, 3.8) is 0 Å². The summed E-state index contributed by atoms with van der Waals surface area (Å²) in [4.78, 5) is 0. The summed E-state index contributed by atoms with van der Waals surface area (Å²) < 4.78 is 5.64. The van der Waals surface area contributed by atoms with Gasteiger partial charge in [0.25, 0.3) is 0 Å². The van der Waals surface area contributed by atoms with E-state index < -0.39 is 0 Å². The minimum atomic E-state index is -0.240. The third-order valence-electron chi connectivity index (χ3n) is 4.13. The summed E-state index contributed by atoms with van der Waals surface area (Å²) >= 11 is 1.91. The fourth-order valence-corrected chi connectivity index (χ4v) is 3.77. The molecule has 0 aromatic rings. The van der Waals surface area contributed by atoms with Gasteiger partial charge in [-0.3, -0.25) is 0 Å². The summed E-state index contributed by atoms with van der Waals surface area (Å²) in [7, 11) is 0. The number of aliphatic hydroxyl groups excluding tert-OH is 1. The Labute approximate surface area is 153 Å². The van der Waals surface area contributed by atoms with E-state index in [1.807, 2.05) is 17.8 Å². The summed E-state index contributed by atoms with van der Waals surface area (Å²) in [6.07, 6.45) is 11.8. The zero-order chi connectivity index (χ0) is 16.0. The third kappa shape index (κ3) is 13.2. The Kier molecular flexibility index (Phi) is 15.9. The summed E-state index contributed by atoms with van der Waals surface area (Å²) in [6, 6.07) is 0. The Morgan fingerprint density at radius 2 is 2.04 bits per heavy atom. The number of thioether (sulfide) groups is 1. The highest BCUT2D eigenvalue weighted by Crippen LogP contribution is 2.20. The second-order valence-corrected chi connectivity index (χ2v) is 7.84. The fourth-order valence-electron chi connectivity index (χ4n) is 2.75. The molecular weight excluding hydrogens is 330 g/mol. The largest absolute Gasteiger partial charge is 0.392 e. The number of ether oxygens (including phenoxy) is 1. The molecule has 3 nitrogen and oxygen atoms in total. The van der Waals surface area contributed by atoms with E-state index >= 15 is 0 Å². The quantitative estimate of drug-likeness (QED) is 0.379. The molecule has 0 aromatic heterocycles. The van der Waals surface area contributed by atoms with Gasteiger partial charge in [-0.05, 0) is 19.3 Å². The van der Waals surface area contributed by atoms with Gasteiger partial charge in [0, 0.05) is 30.5 Å². The van der Waals surface area contributed by atoms with Crippen LogP contribution in [-0.2, 0) is 4.74 Å². The molecule has 0 aromatic carbocycles. The average Bonchev–Trinajstić information content (AvgIpc) is 2.53. The molecule has 1 heterocycles. The lowest BCUT2D eigenvalue weighted by Gasteiger charge is -2.25. The number of allylic oxidation sites excluding steroid dienone is 1. The molecule has 138 valence electrons. The van der Waals surface area contributed by atoms with Crippen LogP contribution in [-0.4, -0.2) is 48.0 Å². The van der Waals surface area contributed by atoms with E-state index in [1.54, 1.807) is 0 Å². The van der Waals surface area contributed by atoms with Crippen molar-refractivity contribution in [3.8, 4) is 0 Å². The van der Waals surface area contributed by atoms with E-state index in [0.29, 0.717) is 5.25 Å². The number of morpholine rings is 1. The summed E-state index contributed by atoms with van der Waals surface area (Å²) in [5.74, 6) is 0.834. The van der Waals surface area contributed by atoms with Crippen molar-refractivity contribution in [2.75, 3.05) is 25.4 Å². The van der Waals surface area contributed by atoms with Crippen molar-refractivity contribution in [1.82, 2.24) is 5.32 Å². The maximum absolute atomic E-state index is 10.1. The number of hydrogen-bond donors (Lipinski definition) is 2. The van der Waals surface area contributed by atoms with Crippen LogP contribution in [0, 0.1) is 0 Å². The van der Waals surface area contributed by atoms with Crippen LogP contribution in [0.25, 0.3) is 0 Å². The van der Waals surface area contributed by atoms with E-state index in [9.17, 15) is 5.11 Å². The molecule has 3 unspecified atom stereocenters. The summed E-state index contributed by atoms with van der Waals surface area (Å²) in [5.41, 5.74) is 0. The Morgan fingerprint density at radius 1 is 1.30 bits per heavy atom. The molecule has 0 radical (unpaired) electrons. The summed E-state index contributed by atoms with van der Waals surface area (Å²) in [6.45, 7) is 8.63. The van der Waals surface area contributed by atoms with E-state index in [4.69, 9.17) is 4.74 Å². The number of hydrogen-bond acceptors (Lipinski definition) is 4. The molecule has 1 aliphatic rings. The van der Waals surface area contributed by atoms with Crippen LogP contribution in [0.3, 0.4) is 0 Å². The molecule has 0 spiro atoms. The lowest BCUT2D eigenvalue weighted by molar-refractivity contribution is -0.0000614. The minimum absolute atomic E-state index is 0. The first-order valence-corrected chi connectivity index (χ1v) is 10.00. The highest BCUT2D eigenvalue weighted by atomic mass is 35.5. The van der Waals surface area contributed by atoms with E-state index in [0.717, 1.165) is 38.3 Å². The SMILES string of the molecule is C=CCCCCCCCC(C)SCC(O)CC1CNCCO1.Cl. The fraction of sp³-hybridized carbons (Fsp3) is 0.889. The first-order chi connectivity index (χ1) is 10.7. The Balaban J connectivity index is 0.00000484. The van der Waals surface area contributed by atoms with E-state index in [1.165, 1.54) is 38.5 Å². The van der Waals surface area contributed by atoms with Crippen molar-refractivity contribution < 1.29 is 9.84 Å². The molecule has 3 atom stereocenters. The lowest BCUT2D eigenvalue weighted by atomic mass is 10.1. The first-order valence-electron chi connectivity index (χ1n) is 8.95. The van der Waals surface area contributed by atoms with Gasteiger partial charge >= 0.3 is 0 Å². The number of halogens is 1. The molecule has 5 heteroatoms. The predicted octanol–water partition coefficient (Wildman–Crippen LogP) is 4.19.